The minimum atomic E-state index is -0.631. The predicted octanol–water partition coefficient (Wildman–Crippen LogP) is 4.12. The summed E-state index contributed by atoms with van der Waals surface area (Å²) in [5.41, 5.74) is 0.308. The van der Waals surface area contributed by atoms with Gasteiger partial charge in [0.05, 0.1) is 29.3 Å². The second-order valence-corrected chi connectivity index (χ2v) is 8.46. The van der Waals surface area contributed by atoms with E-state index in [1.165, 1.54) is 24.2 Å². The van der Waals surface area contributed by atoms with Crippen LogP contribution in [0.15, 0.2) is 22.7 Å². The molecule has 0 atom stereocenters. The molecule has 1 amide bonds. The van der Waals surface area contributed by atoms with E-state index in [1.807, 2.05) is 19.1 Å². The van der Waals surface area contributed by atoms with Crippen LogP contribution in [0.3, 0.4) is 0 Å². The van der Waals surface area contributed by atoms with E-state index in [4.69, 9.17) is 9.26 Å². The zero-order chi connectivity index (χ0) is 19.7. The molecule has 0 fully saturated rings. The van der Waals surface area contributed by atoms with Gasteiger partial charge in [-0.25, -0.2) is 0 Å². The lowest BCUT2D eigenvalue weighted by molar-refractivity contribution is 0.0873. The molecule has 0 aliphatic carbocycles. The molecule has 0 aromatic carbocycles. The van der Waals surface area contributed by atoms with Gasteiger partial charge in [-0.3, -0.25) is 4.79 Å². The quantitative estimate of drug-likeness (QED) is 0.529. The summed E-state index contributed by atoms with van der Waals surface area (Å²) in [5, 5.41) is 16.7. The number of carbonyl (C=O) groups excluding carboxylic acids is 1. The fraction of sp³-hybridized carbons (Fsp3) is 0.600. The van der Waals surface area contributed by atoms with Gasteiger partial charge in [-0.05, 0) is 45.7 Å². The Balaban J connectivity index is 1.55. The molecule has 0 saturated heterocycles. The molecule has 0 aliphatic heterocycles. The number of aliphatic hydroxyl groups excluding tert-OH is 1. The molecule has 150 valence electrons. The molecule has 0 spiro atoms. The molecule has 7 heteroatoms. The van der Waals surface area contributed by atoms with Crippen molar-refractivity contribution in [2.75, 3.05) is 13.2 Å². The van der Waals surface area contributed by atoms with Crippen molar-refractivity contribution < 1.29 is 19.2 Å². The number of nitrogens with zero attached hydrogens (tertiary/aromatic N) is 1. The Bertz CT molecular complexity index is 708. The van der Waals surface area contributed by atoms with Crippen molar-refractivity contribution in [2.45, 2.75) is 64.8 Å². The molecule has 0 unspecified atom stereocenters. The number of nitrogens with one attached hydrogen (secondary N) is 1. The van der Waals surface area contributed by atoms with E-state index in [0.717, 1.165) is 42.2 Å². The average Bonchev–Trinajstić information content (AvgIpc) is 3.26. The largest absolute Gasteiger partial charge is 0.484 e. The van der Waals surface area contributed by atoms with Gasteiger partial charge < -0.3 is 19.7 Å². The van der Waals surface area contributed by atoms with Crippen LogP contribution in [0.5, 0.6) is 5.06 Å². The number of carbonyl (C=O) groups is 1. The van der Waals surface area contributed by atoms with E-state index in [2.05, 4.69) is 10.5 Å². The zero-order valence-corrected chi connectivity index (χ0v) is 17.2. The highest BCUT2D eigenvalue weighted by Crippen LogP contribution is 2.25. The Morgan fingerprint density at radius 2 is 2.00 bits per heavy atom. The summed E-state index contributed by atoms with van der Waals surface area (Å²) >= 11 is 1.33. The Morgan fingerprint density at radius 1 is 1.26 bits per heavy atom. The maximum Gasteiger partial charge on any atom is 0.261 e. The molecule has 0 aliphatic rings. The van der Waals surface area contributed by atoms with E-state index in [1.54, 1.807) is 19.9 Å². The molecule has 2 aromatic heterocycles. The van der Waals surface area contributed by atoms with E-state index < -0.39 is 5.54 Å². The molecule has 0 radical (unpaired) electrons. The molecule has 27 heavy (non-hydrogen) atoms. The molecule has 2 aromatic rings. The van der Waals surface area contributed by atoms with Crippen LogP contribution in [-0.4, -0.2) is 34.9 Å². The first kappa shape index (κ1) is 21.4. The Labute approximate surface area is 164 Å². The highest BCUT2D eigenvalue weighted by molar-refractivity contribution is 7.15. The maximum absolute atomic E-state index is 12.1. The van der Waals surface area contributed by atoms with Crippen molar-refractivity contribution in [3.8, 4) is 5.06 Å². The van der Waals surface area contributed by atoms with Gasteiger partial charge in [0.1, 0.15) is 5.76 Å². The summed E-state index contributed by atoms with van der Waals surface area (Å²) in [6, 6.07) is 5.58. The van der Waals surface area contributed by atoms with Crippen LogP contribution in [0, 0.1) is 6.92 Å². The maximum atomic E-state index is 12.1. The summed E-state index contributed by atoms with van der Waals surface area (Å²) in [6.45, 7) is 6.05. The monoisotopic (exact) mass is 394 g/mol. The third-order valence-electron chi connectivity index (χ3n) is 4.14. The number of thiophene rings is 1. The molecule has 2 N–H and O–H groups in total. The highest BCUT2D eigenvalue weighted by atomic mass is 32.1. The fourth-order valence-corrected chi connectivity index (χ4v) is 3.34. The van der Waals surface area contributed by atoms with Gasteiger partial charge in [-0.1, -0.05) is 35.8 Å². The van der Waals surface area contributed by atoms with Crippen LogP contribution in [0.25, 0.3) is 0 Å². The van der Waals surface area contributed by atoms with Gasteiger partial charge in [-0.2, -0.15) is 0 Å². The summed E-state index contributed by atoms with van der Waals surface area (Å²) in [7, 11) is 0. The average molecular weight is 395 g/mol. The Hall–Kier alpha value is -1.86. The number of amides is 1. The third kappa shape index (κ3) is 7.72. The summed E-state index contributed by atoms with van der Waals surface area (Å²) in [5.74, 6) is 0.784. The van der Waals surface area contributed by atoms with Crippen molar-refractivity contribution in [1.29, 1.82) is 0 Å². The number of aryl methyl sites for hydroxylation is 2. The van der Waals surface area contributed by atoms with Gasteiger partial charge in [0.25, 0.3) is 5.91 Å². The SMILES string of the molecule is Cc1cc(CCCCCCCOc2ccc(C(=O)NC(C)(C)CO)s2)on1. The predicted molar refractivity (Wildman–Crippen MR) is 106 cm³/mol. The minimum Gasteiger partial charge on any atom is -0.484 e. The fourth-order valence-electron chi connectivity index (χ4n) is 2.57. The standard InChI is InChI=1S/C20H30N2O4S/c1-15-13-16(26-22-15)9-7-5-4-6-8-12-25-18-11-10-17(27-18)19(24)21-20(2,3)14-23/h10-11,13,23H,4-9,12,14H2,1-3H3,(H,21,24). The number of unbranched alkanes of at least 4 members (excludes halogenated alkanes) is 4. The van der Waals surface area contributed by atoms with Crippen molar-refractivity contribution >= 4 is 17.2 Å². The number of aromatic nitrogens is 1. The normalized spacial score (nSPS) is 11.6. The third-order valence-corrected chi connectivity index (χ3v) is 5.14. The van der Waals surface area contributed by atoms with Crippen molar-refractivity contribution in [3.63, 3.8) is 0 Å². The van der Waals surface area contributed by atoms with E-state index in [9.17, 15) is 9.90 Å². The lowest BCUT2D eigenvalue weighted by Crippen LogP contribution is -2.46. The molecular weight excluding hydrogens is 364 g/mol. The summed E-state index contributed by atoms with van der Waals surface area (Å²) in [4.78, 5) is 12.7. The van der Waals surface area contributed by atoms with Gasteiger partial charge in [0, 0.05) is 12.5 Å². The van der Waals surface area contributed by atoms with Crippen LogP contribution in [0.2, 0.25) is 0 Å². The molecule has 6 nitrogen and oxygen atoms in total. The van der Waals surface area contributed by atoms with E-state index in [0.29, 0.717) is 11.5 Å². The summed E-state index contributed by atoms with van der Waals surface area (Å²) in [6.07, 6.45) is 6.53. The first-order chi connectivity index (χ1) is 12.9. The lowest BCUT2D eigenvalue weighted by Gasteiger charge is -2.22. The zero-order valence-electron chi connectivity index (χ0n) is 16.4. The number of aliphatic hydroxyl groups is 1. The smallest absolute Gasteiger partial charge is 0.261 e. The van der Waals surface area contributed by atoms with Crippen LogP contribution in [-0.2, 0) is 6.42 Å². The number of hydrogen-bond acceptors (Lipinski definition) is 6. The van der Waals surface area contributed by atoms with Gasteiger partial charge in [0.2, 0.25) is 0 Å². The topological polar surface area (TPSA) is 84.6 Å². The molecule has 0 bridgehead atoms. The summed E-state index contributed by atoms with van der Waals surface area (Å²) < 4.78 is 10.9. The number of rotatable bonds is 12. The highest BCUT2D eigenvalue weighted by Gasteiger charge is 2.21. The van der Waals surface area contributed by atoms with Gasteiger partial charge in [0.15, 0.2) is 5.06 Å². The van der Waals surface area contributed by atoms with Crippen molar-refractivity contribution in [2.24, 2.45) is 0 Å². The first-order valence-electron chi connectivity index (χ1n) is 9.48. The molecule has 0 saturated carbocycles. The van der Waals surface area contributed by atoms with Crippen LogP contribution >= 0.6 is 11.3 Å². The van der Waals surface area contributed by atoms with E-state index >= 15 is 0 Å². The number of hydrogen-bond donors (Lipinski definition) is 2. The number of ether oxygens (including phenoxy) is 1. The van der Waals surface area contributed by atoms with Crippen molar-refractivity contribution in [3.05, 3.63) is 34.5 Å². The molecular formula is C20H30N2O4S. The van der Waals surface area contributed by atoms with Crippen LogP contribution in [0.4, 0.5) is 0 Å². The van der Waals surface area contributed by atoms with Crippen LogP contribution < -0.4 is 10.1 Å². The second-order valence-electron chi connectivity index (χ2n) is 7.42. The van der Waals surface area contributed by atoms with Gasteiger partial charge in [-0.15, -0.1) is 0 Å². The molecule has 2 rings (SSSR count). The lowest BCUT2D eigenvalue weighted by atomic mass is 10.1. The molecule has 2 heterocycles. The first-order valence-corrected chi connectivity index (χ1v) is 10.3. The van der Waals surface area contributed by atoms with E-state index in [-0.39, 0.29) is 12.5 Å². The Kier molecular flexibility index (Phi) is 8.31. The van der Waals surface area contributed by atoms with Crippen LogP contribution in [0.1, 0.15) is 67.1 Å². The van der Waals surface area contributed by atoms with Crippen molar-refractivity contribution in [1.82, 2.24) is 10.5 Å². The van der Waals surface area contributed by atoms with Gasteiger partial charge >= 0.3 is 0 Å². The second kappa shape index (κ2) is 10.5. The Morgan fingerprint density at radius 3 is 2.70 bits per heavy atom. The minimum absolute atomic E-state index is 0.106.